The monoisotopic (exact) mass is 420 g/mol. The number of nitrogens with zero attached hydrogens (tertiary/aromatic N) is 2. The Morgan fingerprint density at radius 1 is 1.00 bits per heavy atom. The van der Waals surface area contributed by atoms with Crippen molar-refractivity contribution in [3.05, 3.63) is 71.5 Å². The van der Waals surface area contributed by atoms with E-state index in [1.807, 2.05) is 11.0 Å². The van der Waals surface area contributed by atoms with Gasteiger partial charge in [0.2, 0.25) is 11.8 Å². The van der Waals surface area contributed by atoms with Gasteiger partial charge in [0, 0.05) is 19.1 Å². The molecule has 1 atom stereocenters. The SMILES string of the molecule is O=C(Cc1cccc(F)c1)N1CCC(N2C(=O)C3(CCCC3)C2c2ccccc2)CC1. The minimum atomic E-state index is -0.312. The van der Waals surface area contributed by atoms with E-state index in [1.54, 1.807) is 12.1 Å². The van der Waals surface area contributed by atoms with E-state index in [1.165, 1.54) is 17.7 Å². The zero-order chi connectivity index (χ0) is 21.4. The minimum absolute atomic E-state index is 0.0332. The van der Waals surface area contributed by atoms with E-state index < -0.39 is 0 Å². The molecule has 2 saturated heterocycles. The highest BCUT2D eigenvalue weighted by atomic mass is 19.1. The van der Waals surface area contributed by atoms with Gasteiger partial charge < -0.3 is 9.80 Å². The number of carbonyl (C=O) groups excluding carboxylic acids is 2. The summed E-state index contributed by atoms with van der Waals surface area (Å²) in [7, 11) is 0. The summed E-state index contributed by atoms with van der Waals surface area (Å²) in [4.78, 5) is 30.1. The molecule has 2 aliphatic heterocycles. The lowest BCUT2D eigenvalue weighted by atomic mass is 9.65. The number of carbonyl (C=O) groups is 2. The number of β-lactam (4-membered cyclic amide) rings is 1. The van der Waals surface area contributed by atoms with Gasteiger partial charge in [-0.15, -0.1) is 0 Å². The first-order chi connectivity index (χ1) is 15.1. The summed E-state index contributed by atoms with van der Waals surface area (Å²) in [6.45, 7) is 1.30. The van der Waals surface area contributed by atoms with Gasteiger partial charge >= 0.3 is 0 Å². The average Bonchev–Trinajstić information content (AvgIpc) is 3.30. The zero-order valence-corrected chi connectivity index (χ0v) is 17.8. The van der Waals surface area contributed by atoms with Gasteiger partial charge in [0.1, 0.15) is 5.82 Å². The van der Waals surface area contributed by atoms with Crippen LogP contribution in [0.2, 0.25) is 0 Å². The Hall–Kier alpha value is -2.69. The molecule has 1 spiro atoms. The summed E-state index contributed by atoms with van der Waals surface area (Å²) < 4.78 is 13.4. The molecule has 2 heterocycles. The predicted molar refractivity (Wildman–Crippen MR) is 117 cm³/mol. The standard InChI is InChI=1S/C26H29FN2O2/c27-21-10-6-7-19(17-21)18-23(30)28-15-11-22(12-16-28)29-24(20-8-2-1-3-9-20)26(25(29)31)13-4-5-14-26/h1-3,6-10,17,22,24H,4-5,11-16,18H2. The highest BCUT2D eigenvalue weighted by Gasteiger charge is 2.63. The first kappa shape index (κ1) is 20.2. The summed E-state index contributed by atoms with van der Waals surface area (Å²) >= 11 is 0. The second-order valence-electron chi connectivity index (χ2n) is 9.31. The first-order valence-electron chi connectivity index (χ1n) is 11.5. The molecule has 0 N–H and O–H groups in total. The number of amides is 2. The van der Waals surface area contributed by atoms with E-state index in [2.05, 4.69) is 29.2 Å². The van der Waals surface area contributed by atoms with Crippen molar-refractivity contribution < 1.29 is 14.0 Å². The molecule has 162 valence electrons. The fraction of sp³-hybridized carbons (Fsp3) is 0.462. The largest absolute Gasteiger partial charge is 0.342 e. The predicted octanol–water partition coefficient (Wildman–Crippen LogP) is 4.50. The van der Waals surface area contributed by atoms with Crippen LogP contribution in [0, 0.1) is 11.2 Å². The van der Waals surface area contributed by atoms with E-state index in [9.17, 15) is 14.0 Å². The lowest BCUT2D eigenvalue weighted by Crippen LogP contribution is -2.66. The highest BCUT2D eigenvalue weighted by Crippen LogP contribution is 2.60. The van der Waals surface area contributed by atoms with Gasteiger partial charge in [0.25, 0.3) is 0 Å². The van der Waals surface area contributed by atoms with Crippen molar-refractivity contribution in [2.75, 3.05) is 13.1 Å². The van der Waals surface area contributed by atoms with Gasteiger partial charge in [-0.25, -0.2) is 4.39 Å². The van der Waals surface area contributed by atoms with E-state index in [0.717, 1.165) is 38.5 Å². The Bertz CT molecular complexity index is 962. The van der Waals surface area contributed by atoms with Crippen molar-refractivity contribution >= 4 is 11.8 Å². The van der Waals surface area contributed by atoms with E-state index >= 15 is 0 Å². The molecule has 3 aliphatic rings. The van der Waals surface area contributed by atoms with Crippen molar-refractivity contribution in [3.8, 4) is 0 Å². The third kappa shape index (κ3) is 3.54. The summed E-state index contributed by atoms with van der Waals surface area (Å²) in [5, 5.41) is 0. The summed E-state index contributed by atoms with van der Waals surface area (Å²) in [5.74, 6) is 0.0438. The Balaban J connectivity index is 1.26. The third-order valence-electron chi connectivity index (χ3n) is 7.53. The van der Waals surface area contributed by atoms with Crippen LogP contribution in [0.25, 0.3) is 0 Å². The Labute approximate surface area is 183 Å². The quantitative estimate of drug-likeness (QED) is 0.683. The van der Waals surface area contributed by atoms with Crippen molar-refractivity contribution in [2.45, 2.75) is 57.0 Å². The number of hydrogen-bond donors (Lipinski definition) is 0. The van der Waals surface area contributed by atoms with Crippen molar-refractivity contribution in [1.29, 1.82) is 0 Å². The number of rotatable bonds is 4. The lowest BCUT2D eigenvalue weighted by Gasteiger charge is -2.59. The molecule has 0 aromatic heterocycles. The molecule has 0 bridgehead atoms. The fourth-order valence-electron chi connectivity index (χ4n) is 6.00. The van der Waals surface area contributed by atoms with Crippen molar-refractivity contribution in [1.82, 2.24) is 9.80 Å². The van der Waals surface area contributed by atoms with Crippen LogP contribution in [0.15, 0.2) is 54.6 Å². The fourth-order valence-corrected chi connectivity index (χ4v) is 6.00. The molecule has 5 rings (SSSR count). The molecule has 2 aromatic carbocycles. The van der Waals surface area contributed by atoms with Gasteiger partial charge in [-0.1, -0.05) is 55.3 Å². The topological polar surface area (TPSA) is 40.6 Å². The number of hydrogen-bond acceptors (Lipinski definition) is 2. The molecule has 3 fully saturated rings. The molecular weight excluding hydrogens is 391 g/mol. The molecule has 0 radical (unpaired) electrons. The van der Waals surface area contributed by atoms with Crippen LogP contribution >= 0.6 is 0 Å². The molecule has 5 heteroatoms. The maximum Gasteiger partial charge on any atom is 0.232 e. The Kier molecular flexibility index (Phi) is 5.28. The molecule has 4 nitrogen and oxygen atoms in total. The van der Waals surface area contributed by atoms with Gasteiger partial charge in [-0.05, 0) is 48.9 Å². The second kappa shape index (κ2) is 8.10. The van der Waals surface area contributed by atoms with Crippen LogP contribution in [0.5, 0.6) is 0 Å². The summed E-state index contributed by atoms with van der Waals surface area (Å²) in [5.41, 5.74) is 1.75. The summed E-state index contributed by atoms with van der Waals surface area (Å²) in [6, 6.07) is 17.1. The normalized spacial score (nSPS) is 23.3. The minimum Gasteiger partial charge on any atom is -0.342 e. The van der Waals surface area contributed by atoms with E-state index in [0.29, 0.717) is 24.6 Å². The molecule has 1 saturated carbocycles. The summed E-state index contributed by atoms with van der Waals surface area (Å²) in [6.07, 6.45) is 6.09. The van der Waals surface area contributed by atoms with Crippen molar-refractivity contribution in [3.63, 3.8) is 0 Å². The maximum atomic E-state index is 13.4. The maximum absolute atomic E-state index is 13.4. The third-order valence-corrected chi connectivity index (χ3v) is 7.53. The number of piperidine rings is 1. The van der Waals surface area contributed by atoms with E-state index in [-0.39, 0.29) is 35.6 Å². The molecule has 31 heavy (non-hydrogen) atoms. The van der Waals surface area contributed by atoms with Crippen LogP contribution in [0.1, 0.15) is 55.7 Å². The number of likely N-dealkylation sites (tertiary alicyclic amines) is 2. The van der Waals surface area contributed by atoms with E-state index in [4.69, 9.17) is 0 Å². The number of halogens is 1. The lowest BCUT2D eigenvalue weighted by molar-refractivity contribution is -0.181. The van der Waals surface area contributed by atoms with Crippen LogP contribution in [0.4, 0.5) is 4.39 Å². The van der Waals surface area contributed by atoms with Gasteiger partial charge in [-0.3, -0.25) is 9.59 Å². The smallest absolute Gasteiger partial charge is 0.232 e. The molecule has 2 aromatic rings. The number of benzene rings is 2. The Morgan fingerprint density at radius 2 is 1.71 bits per heavy atom. The first-order valence-corrected chi connectivity index (χ1v) is 11.5. The van der Waals surface area contributed by atoms with Gasteiger partial charge in [0.05, 0.1) is 17.9 Å². The zero-order valence-electron chi connectivity index (χ0n) is 17.8. The highest BCUT2D eigenvalue weighted by molar-refractivity contribution is 5.91. The molecule has 1 unspecified atom stereocenters. The van der Waals surface area contributed by atoms with Crippen LogP contribution < -0.4 is 0 Å². The van der Waals surface area contributed by atoms with Crippen molar-refractivity contribution in [2.24, 2.45) is 5.41 Å². The average molecular weight is 421 g/mol. The van der Waals surface area contributed by atoms with Crippen LogP contribution in [-0.2, 0) is 16.0 Å². The van der Waals surface area contributed by atoms with Crippen LogP contribution in [0.3, 0.4) is 0 Å². The van der Waals surface area contributed by atoms with Gasteiger partial charge in [-0.2, -0.15) is 0 Å². The molecule has 1 aliphatic carbocycles. The molecular formula is C26H29FN2O2. The van der Waals surface area contributed by atoms with Gasteiger partial charge in [0.15, 0.2) is 0 Å². The molecule has 2 amide bonds. The Morgan fingerprint density at radius 3 is 2.39 bits per heavy atom. The second-order valence-corrected chi connectivity index (χ2v) is 9.31. The van der Waals surface area contributed by atoms with Crippen LogP contribution in [-0.4, -0.2) is 40.7 Å².